The van der Waals surface area contributed by atoms with Crippen LogP contribution >= 0.6 is 0 Å². The highest BCUT2D eigenvalue weighted by Crippen LogP contribution is 2.20. The summed E-state index contributed by atoms with van der Waals surface area (Å²) in [6.07, 6.45) is 0. The van der Waals surface area contributed by atoms with Gasteiger partial charge in [0.2, 0.25) is 11.9 Å². The third kappa shape index (κ3) is 3.88. The van der Waals surface area contributed by atoms with Crippen LogP contribution < -0.4 is 11.1 Å². The number of para-hydroxylation sites is 1. The van der Waals surface area contributed by atoms with Crippen LogP contribution in [0.25, 0.3) is 10.8 Å². The van der Waals surface area contributed by atoms with Gasteiger partial charge in [-0.15, -0.1) is 0 Å². The zero-order valence-corrected chi connectivity index (χ0v) is 14.9. The van der Waals surface area contributed by atoms with E-state index in [2.05, 4.69) is 20.3 Å². The number of nitrogens with one attached hydrogen (secondary N) is 1. The molecule has 7 heteroatoms. The van der Waals surface area contributed by atoms with Crippen molar-refractivity contribution >= 4 is 34.3 Å². The van der Waals surface area contributed by atoms with E-state index in [9.17, 15) is 4.79 Å². The first-order valence-corrected chi connectivity index (χ1v) is 8.66. The molecule has 0 aliphatic rings. The maximum atomic E-state index is 12.6. The second-order valence-corrected chi connectivity index (χ2v) is 6.03. The maximum absolute atomic E-state index is 12.6. The summed E-state index contributed by atoms with van der Waals surface area (Å²) < 4.78 is 5.41. The van der Waals surface area contributed by atoms with Crippen LogP contribution in [0.5, 0.6) is 0 Å². The molecular weight excluding hydrogens is 354 g/mol. The standard InChI is InChI=1S/C21H17N5O2/c22-20-24-18(25-21(26-20)23-15-9-2-1-3-10-15)13-28-19(27)17-12-6-8-14-7-4-5-11-16(14)17/h1-12H,13H2,(H3,22,23,24,25,26). The molecule has 0 aliphatic heterocycles. The monoisotopic (exact) mass is 371 g/mol. The number of fused-ring (bicyclic) bond motifs is 1. The summed E-state index contributed by atoms with van der Waals surface area (Å²) in [5.41, 5.74) is 7.06. The third-order valence-corrected chi connectivity index (χ3v) is 4.07. The van der Waals surface area contributed by atoms with E-state index in [1.165, 1.54) is 0 Å². The highest BCUT2D eigenvalue weighted by Gasteiger charge is 2.13. The number of hydrogen-bond donors (Lipinski definition) is 2. The summed E-state index contributed by atoms with van der Waals surface area (Å²) in [6, 6.07) is 22.6. The third-order valence-electron chi connectivity index (χ3n) is 4.07. The summed E-state index contributed by atoms with van der Waals surface area (Å²) in [5.74, 6) is 0.146. The number of nitrogens with zero attached hydrogens (tertiary/aromatic N) is 3. The van der Waals surface area contributed by atoms with Gasteiger partial charge in [0.1, 0.15) is 0 Å². The number of rotatable bonds is 5. The molecule has 4 aromatic rings. The molecule has 4 rings (SSSR count). The number of hydrogen-bond acceptors (Lipinski definition) is 7. The fourth-order valence-electron chi connectivity index (χ4n) is 2.82. The van der Waals surface area contributed by atoms with Crippen LogP contribution in [0.4, 0.5) is 17.6 Å². The maximum Gasteiger partial charge on any atom is 0.339 e. The molecule has 0 unspecified atom stereocenters. The molecule has 3 N–H and O–H groups in total. The van der Waals surface area contributed by atoms with Crippen molar-refractivity contribution in [3.8, 4) is 0 Å². The van der Waals surface area contributed by atoms with Crippen LogP contribution in [0.3, 0.4) is 0 Å². The van der Waals surface area contributed by atoms with Gasteiger partial charge in [0.15, 0.2) is 12.4 Å². The normalized spacial score (nSPS) is 10.6. The molecule has 0 spiro atoms. The van der Waals surface area contributed by atoms with Crippen molar-refractivity contribution in [3.63, 3.8) is 0 Å². The van der Waals surface area contributed by atoms with Crippen LogP contribution in [-0.4, -0.2) is 20.9 Å². The summed E-state index contributed by atoms with van der Waals surface area (Å²) in [7, 11) is 0. The molecule has 138 valence electrons. The van der Waals surface area contributed by atoms with Crippen LogP contribution in [0.15, 0.2) is 72.8 Å². The lowest BCUT2D eigenvalue weighted by Crippen LogP contribution is -2.11. The highest BCUT2D eigenvalue weighted by atomic mass is 16.5. The predicted molar refractivity (Wildman–Crippen MR) is 107 cm³/mol. The Balaban J connectivity index is 1.50. The molecular formula is C21H17N5O2. The molecule has 0 atom stereocenters. The first kappa shape index (κ1) is 17.4. The number of nitrogens with two attached hydrogens (primary N) is 1. The zero-order valence-electron chi connectivity index (χ0n) is 14.9. The largest absolute Gasteiger partial charge is 0.454 e. The van der Waals surface area contributed by atoms with Crippen LogP contribution in [-0.2, 0) is 11.3 Å². The lowest BCUT2D eigenvalue weighted by atomic mass is 10.1. The van der Waals surface area contributed by atoms with Gasteiger partial charge in [-0.25, -0.2) is 4.79 Å². The average molecular weight is 371 g/mol. The predicted octanol–water partition coefficient (Wildman–Crippen LogP) is 3.71. The van der Waals surface area contributed by atoms with Crippen molar-refractivity contribution in [2.24, 2.45) is 0 Å². The van der Waals surface area contributed by atoms with E-state index in [0.29, 0.717) is 5.56 Å². The van der Waals surface area contributed by atoms with E-state index in [4.69, 9.17) is 10.5 Å². The highest BCUT2D eigenvalue weighted by molar-refractivity contribution is 6.04. The van der Waals surface area contributed by atoms with Gasteiger partial charge in [-0.05, 0) is 29.0 Å². The summed E-state index contributed by atoms with van der Waals surface area (Å²) in [6.45, 7) is -0.113. The molecule has 28 heavy (non-hydrogen) atoms. The van der Waals surface area contributed by atoms with Crippen molar-refractivity contribution in [1.29, 1.82) is 0 Å². The Bertz CT molecular complexity index is 1130. The van der Waals surface area contributed by atoms with Crippen LogP contribution in [0.2, 0.25) is 0 Å². The van der Waals surface area contributed by atoms with Crippen molar-refractivity contribution in [2.45, 2.75) is 6.61 Å². The average Bonchev–Trinajstić information content (AvgIpc) is 2.72. The second kappa shape index (κ2) is 7.71. The molecule has 0 saturated heterocycles. The van der Waals surface area contributed by atoms with E-state index < -0.39 is 5.97 Å². The van der Waals surface area contributed by atoms with Gasteiger partial charge in [-0.2, -0.15) is 15.0 Å². The Morgan fingerprint density at radius 2 is 1.64 bits per heavy atom. The molecule has 3 aromatic carbocycles. The Morgan fingerprint density at radius 3 is 2.50 bits per heavy atom. The van der Waals surface area contributed by atoms with Crippen molar-refractivity contribution in [1.82, 2.24) is 15.0 Å². The number of benzene rings is 3. The minimum absolute atomic E-state index is 0.0460. The molecule has 1 heterocycles. The lowest BCUT2D eigenvalue weighted by Gasteiger charge is -2.09. The van der Waals surface area contributed by atoms with Gasteiger partial charge < -0.3 is 15.8 Å². The molecule has 1 aromatic heterocycles. The van der Waals surface area contributed by atoms with E-state index in [0.717, 1.165) is 16.5 Å². The first-order valence-electron chi connectivity index (χ1n) is 8.66. The number of carbonyl (C=O) groups is 1. The van der Waals surface area contributed by atoms with Gasteiger partial charge in [0, 0.05) is 5.69 Å². The Labute approximate surface area is 161 Å². The fraction of sp³-hybridized carbons (Fsp3) is 0.0476. The quantitative estimate of drug-likeness (QED) is 0.516. The minimum Gasteiger partial charge on any atom is -0.454 e. The molecule has 0 aliphatic carbocycles. The molecule has 0 bridgehead atoms. The van der Waals surface area contributed by atoms with E-state index in [1.54, 1.807) is 6.07 Å². The number of nitrogen functional groups attached to an aromatic ring is 1. The topological polar surface area (TPSA) is 103 Å². The number of aromatic nitrogens is 3. The summed E-state index contributed by atoms with van der Waals surface area (Å²) in [5, 5.41) is 4.84. The molecule has 0 amide bonds. The Hall–Kier alpha value is -4.00. The van der Waals surface area contributed by atoms with E-state index in [1.807, 2.05) is 66.7 Å². The van der Waals surface area contributed by atoms with Gasteiger partial charge in [0.05, 0.1) is 5.56 Å². The fourth-order valence-corrected chi connectivity index (χ4v) is 2.82. The Morgan fingerprint density at radius 1 is 0.893 bits per heavy atom. The summed E-state index contributed by atoms with van der Waals surface area (Å²) >= 11 is 0. The minimum atomic E-state index is -0.451. The zero-order chi connectivity index (χ0) is 19.3. The van der Waals surface area contributed by atoms with Crippen molar-refractivity contribution in [3.05, 3.63) is 84.2 Å². The lowest BCUT2D eigenvalue weighted by molar-refractivity contribution is 0.0464. The van der Waals surface area contributed by atoms with Gasteiger partial charge in [0.25, 0.3) is 0 Å². The van der Waals surface area contributed by atoms with Crippen molar-refractivity contribution < 1.29 is 9.53 Å². The molecule has 7 nitrogen and oxygen atoms in total. The number of esters is 1. The number of ether oxygens (including phenoxy) is 1. The van der Waals surface area contributed by atoms with Crippen LogP contribution in [0, 0.1) is 0 Å². The van der Waals surface area contributed by atoms with Crippen molar-refractivity contribution in [2.75, 3.05) is 11.1 Å². The number of carbonyl (C=O) groups excluding carboxylic acids is 1. The smallest absolute Gasteiger partial charge is 0.339 e. The van der Waals surface area contributed by atoms with Gasteiger partial charge in [-0.1, -0.05) is 54.6 Å². The van der Waals surface area contributed by atoms with E-state index >= 15 is 0 Å². The van der Waals surface area contributed by atoms with Gasteiger partial charge in [-0.3, -0.25) is 0 Å². The van der Waals surface area contributed by atoms with Crippen LogP contribution in [0.1, 0.15) is 16.2 Å². The number of anilines is 3. The van der Waals surface area contributed by atoms with E-state index in [-0.39, 0.29) is 24.3 Å². The molecule has 0 saturated carbocycles. The molecule has 0 fully saturated rings. The first-order chi connectivity index (χ1) is 13.7. The Kier molecular flexibility index (Phi) is 4.79. The summed E-state index contributed by atoms with van der Waals surface area (Å²) in [4.78, 5) is 24.9. The SMILES string of the molecule is Nc1nc(COC(=O)c2cccc3ccccc23)nc(Nc2ccccc2)n1. The molecule has 0 radical (unpaired) electrons. The van der Waals surface area contributed by atoms with Gasteiger partial charge >= 0.3 is 5.97 Å². The second-order valence-electron chi connectivity index (χ2n) is 6.03.